The standard InChI is InChI=1S/C18H18ClNO2/c1-12-10-13(2)18(16(19)11-12)20-17(21)9-6-14-4-7-15(22-3)8-5-14/h4-11H,1-3H3,(H,20,21)/b9-6+. The number of carbonyl (C=O) groups is 1. The molecule has 0 spiro atoms. The van der Waals surface area contributed by atoms with E-state index in [4.69, 9.17) is 16.3 Å². The maximum Gasteiger partial charge on any atom is 0.248 e. The Morgan fingerprint density at radius 3 is 2.45 bits per heavy atom. The molecule has 0 radical (unpaired) electrons. The summed E-state index contributed by atoms with van der Waals surface area (Å²) in [5.41, 5.74) is 3.57. The van der Waals surface area contributed by atoms with Gasteiger partial charge in [0.1, 0.15) is 5.75 Å². The molecule has 0 aliphatic heterocycles. The third kappa shape index (κ3) is 4.12. The molecule has 0 saturated heterocycles. The van der Waals surface area contributed by atoms with Crippen LogP contribution in [-0.4, -0.2) is 13.0 Å². The molecule has 0 heterocycles. The zero-order valence-corrected chi connectivity index (χ0v) is 13.6. The first-order valence-electron chi connectivity index (χ1n) is 6.89. The van der Waals surface area contributed by atoms with Crippen LogP contribution in [0.4, 0.5) is 5.69 Å². The second-order valence-electron chi connectivity index (χ2n) is 5.03. The monoisotopic (exact) mass is 315 g/mol. The second-order valence-corrected chi connectivity index (χ2v) is 5.44. The maximum absolute atomic E-state index is 12.0. The van der Waals surface area contributed by atoms with Gasteiger partial charge in [-0.3, -0.25) is 4.79 Å². The number of benzene rings is 2. The van der Waals surface area contributed by atoms with E-state index in [-0.39, 0.29) is 5.91 Å². The Morgan fingerprint density at radius 1 is 1.18 bits per heavy atom. The van der Waals surface area contributed by atoms with Gasteiger partial charge in [0.25, 0.3) is 0 Å². The van der Waals surface area contributed by atoms with Crippen LogP contribution in [0.2, 0.25) is 5.02 Å². The van der Waals surface area contributed by atoms with Crippen molar-refractivity contribution >= 4 is 29.3 Å². The number of amides is 1. The summed E-state index contributed by atoms with van der Waals surface area (Å²) in [5.74, 6) is 0.563. The number of nitrogens with one attached hydrogen (secondary N) is 1. The molecule has 0 saturated carbocycles. The summed E-state index contributed by atoms with van der Waals surface area (Å²) in [4.78, 5) is 12.0. The zero-order valence-electron chi connectivity index (χ0n) is 12.8. The lowest BCUT2D eigenvalue weighted by molar-refractivity contribution is -0.111. The van der Waals surface area contributed by atoms with Crippen molar-refractivity contribution in [2.75, 3.05) is 12.4 Å². The lowest BCUT2D eigenvalue weighted by Gasteiger charge is -2.10. The van der Waals surface area contributed by atoms with Gasteiger partial charge in [0.05, 0.1) is 17.8 Å². The van der Waals surface area contributed by atoms with Crippen LogP contribution in [-0.2, 0) is 4.79 Å². The van der Waals surface area contributed by atoms with Crippen molar-refractivity contribution < 1.29 is 9.53 Å². The van der Waals surface area contributed by atoms with E-state index >= 15 is 0 Å². The van der Waals surface area contributed by atoms with E-state index < -0.39 is 0 Å². The Kier molecular flexibility index (Phi) is 5.23. The molecular formula is C18H18ClNO2. The van der Waals surface area contributed by atoms with Crippen LogP contribution in [0.25, 0.3) is 6.08 Å². The Hall–Kier alpha value is -2.26. The number of anilines is 1. The van der Waals surface area contributed by atoms with Gasteiger partial charge in [-0.05, 0) is 54.8 Å². The maximum atomic E-state index is 12.0. The summed E-state index contributed by atoms with van der Waals surface area (Å²) < 4.78 is 5.09. The normalized spacial score (nSPS) is 10.7. The molecule has 2 aromatic rings. The minimum absolute atomic E-state index is 0.218. The fourth-order valence-electron chi connectivity index (χ4n) is 2.13. The largest absolute Gasteiger partial charge is 0.497 e. The summed E-state index contributed by atoms with van der Waals surface area (Å²) in [6.07, 6.45) is 3.23. The van der Waals surface area contributed by atoms with Crippen LogP contribution in [0, 0.1) is 13.8 Å². The van der Waals surface area contributed by atoms with Crippen LogP contribution < -0.4 is 10.1 Å². The summed E-state index contributed by atoms with van der Waals surface area (Å²) in [7, 11) is 1.62. The van der Waals surface area contributed by atoms with Crippen molar-refractivity contribution in [1.29, 1.82) is 0 Å². The van der Waals surface area contributed by atoms with Gasteiger partial charge in [-0.1, -0.05) is 29.8 Å². The molecule has 22 heavy (non-hydrogen) atoms. The molecule has 1 amide bonds. The molecule has 0 aliphatic carbocycles. The molecule has 0 bridgehead atoms. The third-order valence-corrected chi connectivity index (χ3v) is 3.52. The molecule has 0 aromatic heterocycles. The highest BCUT2D eigenvalue weighted by atomic mass is 35.5. The van der Waals surface area contributed by atoms with Gasteiger partial charge in [0.2, 0.25) is 5.91 Å². The second kappa shape index (κ2) is 7.14. The van der Waals surface area contributed by atoms with Crippen molar-refractivity contribution in [3.8, 4) is 5.75 Å². The van der Waals surface area contributed by atoms with E-state index in [1.165, 1.54) is 6.08 Å². The summed E-state index contributed by atoms with van der Waals surface area (Å²) in [6.45, 7) is 3.88. The van der Waals surface area contributed by atoms with E-state index in [2.05, 4.69) is 5.32 Å². The van der Waals surface area contributed by atoms with E-state index in [1.54, 1.807) is 13.2 Å². The van der Waals surface area contributed by atoms with Crippen molar-refractivity contribution in [2.45, 2.75) is 13.8 Å². The molecule has 3 nitrogen and oxygen atoms in total. The first-order valence-corrected chi connectivity index (χ1v) is 7.27. The Bertz CT molecular complexity index is 683. The van der Waals surface area contributed by atoms with Gasteiger partial charge in [-0.15, -0.1) is 0 Å². The molecule has 2 aromatic carbocycles. The van der Waals surface area contributed by atoms with E-state index in [0.29, 0.717) is 10.7 Å². The minimum atomic E-state index is -0.218. The smallest absolute Gasteiger partial charge is 0.248 e. The summed E-state index contributed by atoms with van der Waals surface area (Å²) in [6, 6.07) is 11.3. The van der Waals surface area contributed by atoms with E-state index in [1.807, 2.05) is 50.2 Å². The lowest BCUT2D eigenvalue weighted by atomic mass is 10.1. The predicted molar refractivity (Wildman–Crippen MR) is 91.6 cm³/mol. The van der Waals surface area contributed by atoms with Crippen LogP contribution in [0.15, 0.2) is 42.5 Å². The summed E-state index contributed by atoms with van der Waals surface area (Å²) in [5, 5.41) is 3.36. The molecule has 2 rings (SSSR count). The number of ether oxygens (including phenoxy) is 1. The lowest BCUT2D eigenvalue weighted by Crippen LogP contribution is -2.09. The highest BCUT2D eigenvalue weighted by Crippen LogP contribution is 2.27. The number of halogens is 1. The van der Waals surface area contributed by atoms with Crippen LogP contribution in [0.5, 0.6) is 5.75 Å². The first kappa shape index (κ1) is 16.1. The number of carbonyl (C=O) groups excluding carboxylic acids is 1. The van der Waals surface area contributed by atoms with Crippen LogP contribution in [0.1, 0.15) is 16.7 Å². The topological polar surface area (TPSA) is 38.3 Å². The molecule has 0 fully saturated rings. The summed E-state index contributed by atoms with van der Waals surface area (Å²) >= 11 is 6.18. The molecule has 4 heteroatoms. The number of methoxy groups -OCH3 is 1. The fraction of sp³-hybridized carbons (Fsp3) is 0.167. The highest BCUT2D eigenvalue weighted by Gasteiger charge is 2.07. The molecule has 0 unspecified atom stereocenters. The van der Waals surface area contributed by atoms with Crippen LogP contribution in [0.3, 0.4) is 0 Å². The van der Waals surface area contributed by atoms with Gasteiger partial charge in [0, 0.05) is 6.08 Å². The van der Waals surface area contributed by atoms with Crippen molar-refractivity contribution in [2.24, 2.45) is 0 Å². The molecule has 1 N–H and O–H groups in total. The quantitative estimate of drug-likeness (QED) is 0.836. The number of hydrogen-bond acceptors (Lipinski definition) is 2. The third-order valence-electron chi connectivity index (χ3n) is 3.22. The van der Waals surface area contributed by atoms with E-state index in [0.717, 1.165) is 22.4 Å². The van der Waals surface area contributed by atoms with Crippen LogP contribution >= 0.6 is 11.6 Å². The zero-order chi connectivity index (χ0) is 16.1. The Labute approximate surface area is 135 Å². The van der Waals surface area contributed by atoms with Gasteiger partial charge in [0.15, 0.2) is 0 Å². The average Bonchev–Trinajstić information content (AvgIpc) is 2.49. The van der Waals surface area contributed by atoms with Gasteiger partial charge in [-0.2, -0.15) is 0 Å². The fourth-order valence-corrected chi connectivity index (χ4v) is 2.49. The van der Waals surface area contributed by atoms with Crippen molar-refractivity contribution in [3.05, 3.63) is 64.2 Å². The highest BCUT2D eigenvalue weighted by molar-refractivity contribution is 6.34. The first-order chi connectivity index (χ1) is 10.5. The number of rotatable bonds is 4. The van der Waals surface area contributed by atoms with Gasteiger partial charge >= 0.3 is 0 Å². The van der Waals surface area contributed by atoms with E-state index in [9.17, 15) is 4.79 Å². The Morgan fingerprint density at radius 2 is 1.86 bits per heavy atom. The molecular weight excluding hydrogens is 298 g/mol. The Balaban J connectivity index is 2.08. The number of aryl methyl sites for hydroxylation is 2. The molecule has 0 atom stereocenters. The predicted octanol–water partition coefficient (Wildman–Crippen LogP) is 4.62. The number of hydrogen-bond donors (Lipinski definition) is 1. The van der Waals surface area contributed by atoms with Crippen molar-refractivity contribution in [1.82, 2.24) is 0 Å². The SMILES string of the molecule is COc1ccc(/C=C/C(=O)Nc2c(C)cc(C)cc2Cl)cc1. The average molecular weight is 316 g/mol. The molecule has 0 aliphatic rings. The minimum Gasteiger partial charge on any atom is -0.497 e. The van der Waals surface area contributed by atoms with Gasteiger partial charge < -0.3 is 10.1 Å². The van der Waals surface area contributed by atoms with Gasteiger partial charge in [-0.25, -0.2) is 0 Å². The van der Waals surface area contributed by atoms with Crippen molar-refractivity contribution in [3.63, 3.8) is 0 Å². The molecule has 114 valence electrons.